The Morgan fingerprint density at radius 1 is 0.833 bits per heavy atom. The molecule has 1 aromatic rings. The normalized spacial score (nSPS) is 13.6. The summed E-state index contributed by atoms with van der Waals surface area (Å²) < 4.78 is 45.3. The zero-order valence-corrected chi connectivity index (χ0v) is 13.1. The molecule has 0 spiro atoms. The van der Waals surface area contributed by atoms with Crippen molar-refractivity contribution >= 4 is 39.5 Å². The summed E-state index contributed by atoms with van der Waals surface area (Å²) in [5.74, 6) is 0. The minimum Gasteiger partial charge on any atom is -0.207 e. The maximum atomic E-state index is 11.3. The van der Waals surface area contributed by atoms with Gasteiger partial charge in [0.2, 0.25) is 0 Å². The maximum Gasteiger partial charge on any atom is 0.261 e. The lowest BCUT2D eigenvalue weighted by atomic mass is 9.87. The van der Waals surface area contributed by atoms with Gasteiger partial charge in [0, 0.05) is 21.4 Å². The number of hydrogen-bond donors (Lipinski definition) is 0. The van der Waals surface area contributed by atoms with E-state index >= 15 is 0 Å². The van der Waals surface area contributed by atoms with Gasteiger partial charge in [-0.15, -0.1) is 0 Å². The molecule has 0 aromatic heterocycles. The Morgan fingerprint density at radius 2 is 1.17 bits per heavy atom. The van der Waals surface area contributed by atoms with Crippen LogP contribution in [0.1, 0.15) is 26.3 Å². The van der Waals surface area contributed by atoms with E-state index in [1.54, 1.807) is 0 Å². The summed E-state index contributed by atoms with van der Waals surface area (Å²) in [7, 11) is 2.44. The predicted molar refractivity (Wildman–Crippen MR) is 71.2 cm³/mol. The maximum absolute atomic E-state index is 11.3. The number of rotatable bonds is 2. The number of hydrogen-bond acceptors (Lipinski definition) is 4. The van der Waals surface area contributed by atoms with Gasteiger partial charge in [-0.25, -0.2) is 16.8 Å². The molecule has 0 aliphatic heterocycles. The minimum atomic E-state index is -4.02. The van der Waals surface area contributed by atoms with Gasteiger partial charge in [-0.05, 0) is 29.2 Å². The van der Waals surface area contributed by atoms with Crippen LogP contribution in [0, 0.1) is 0 Å². The fourth-order valence-corrected chi connectivity index (χ4v) is 2.97. The van der Waals surface area contributed by atoms with Crippen LogP contribution in [0.3, 0.4) is 0 Å². The predicted octanol–water partition coefficient (Wildman–Crippen LogP) is 2.84. The quantitative estimate of drug-likeness (QED) is 0.782. The summed E-state index contributed by atoms with van der Waals surface area (Å²) in [4.78, 5) is -0.563. The van der Waals surface area contributed by atoms with Gasteiger partial charge in [0.25, 0.3) is 18.1 Å². The molecule has 102 valence electrons. The third kappa shape index (κ3) is 3.85. The molecule has 0 N–H and O–H groups in total. The van der Waals surface area contributed by atoms with Gasteiger partial charge in [0.1, 0.15) is 0 Å². The van der Waals surface area contributed by atoms with Crippen molar-refractivity contribution < 1.29 is 16.8 Å². The van der Waals surface area contributed by atoms with Crippen LogP contribution in [0.2, 0.25) is 0 Å². The highest BCUT2D eigenvalue weighted by atomic mass is 35.7. The van der Waals surface area contributed by atoms with E-state index in [0.29, 0.717) is 5.56 Å². The Labute approximate surface area is 116 Å². The monoisotopic (exact) mass is 330 g/mol. The zero-order valence-electron chi connectivity index (χ0n) is 9.94. The third-order valence-electron chi connectivity index (χ3n) is 2.31. The Balaban J connectivity index is 3.70. The van der Waals surface area contributed by atoms with Gasteiger partial charge in [0.05, 0.1) is 9.79 Å². The Kier molecular flexibility index (Phi) is 4.08. The van der Waals surface area contributed by atoms with Crippen LogP contribution >= 0.6 is 21.4 Å². The van der Waals surface area contributed by atoms with Gasteiger partial charge in [-0.3, -0.25) is 0 Å². The summed E-state index contributed by atoms with van der Waals surface area (Å²) >= 11 is 0. The van der Waals surface area contributed by atoms with Crippen molar-refractivity contribution in [2.75, 3.05) is 0 Å². The zero-order chi connectivity index (χ0) is 14.4. The summed E-state index contributed by atoms with van der Waals surface area (Å²) in [5, 5.41) is 0. The molecule has 0 aliphatic carbocycles. The second-order valence-corrected chi connectivity index (χ2v) is 9.95. The molecule has 1 aromatic carbocycles. The van der Waals surface area contributed by atoms with Crippen molar-refractivity contribution in [1.29, 1.82) is 0 Å². The van der Waals surface area contributed by atoms with Gasteiger partial charge >= 0.3 is 0 Å². The van der Waals surface area contributed by atoms with Crippen LogP contribution in [0.15, 0.2) is 28.0 Å². The van der Waals surface area contributed by atoms with Gasteiger partial charge in [0.15, 0.2) is 0 Å². The molecule has 0 unspecified atom stereocenters. The first-order chi connectivity index (χ1) is 7.82. The highest BCUT2D eigenvalue weighted by Crippen LogP contribution is 2.30. The Bertz CT molecular complexity index is 620. The smallest absolute Gasteiger partial charge is 0.207 e. The summed E-state index contributed by atoms with van der Waals surface area (Å²) in [6, 6.07) is 3.63. The van der Waals surface area contributed by atoms with E-state index in [0.717, 1.165) is 6.07 Å². The molecule has 0 saturated heterocycles. The summed E-state index contributed by atoms with van der Waals surface area (Å²) in [5.41, 5.74) is 0.0805. The molecule has 0 radical (unpaired) electrons. The Morgan fingerprint density at radius 3 is 1.39 bits per heavy atom. The van der Waals surface area contributed by atoms with E-state index < -0.39 is 23.5 Å². The fourth-order valence-electron chi connectivity index (χ4n) is 1.29. The standard InChI is InChI=1S/C10H12Cl2O4S2/c1-10(2,3)7-4-8(17(11,13)14)6-9(5-7)18(12,15)16/h4-6H,1-3H3. The Hall–Kier alpha value is -0.300. The van der Waals surface area contributed by atoms with E-state index in [1.165, 1.54) is 12.1 Å². The summed E-state index contributed by atoms with van der Waals surface area (Å²) in [6.45, 7) is 5.45. The van der Waals surface area contributed by atoms with E-state index in [4.69, 9.17) is 21.4 Å². The lowest BCUT2D eigenvalue weighted by Gasteiger charge is -2.20. The number of benzene rings is 1. The lowest BCUT2D eigenvalue weighted by molar-refractivity contribution is 0.582. The van der Waals surface area contributed by atoms with Crippen molar-refractivity contribution in [1.82, 2.24) is 0 Å². The molecule has 0 aliphatic rings. The molecular weight excluding hydrogens is 319 g/mol. The van der Waals surface area contributed by atoms with E-state index in [2.05, 4.69) is 0 Å². The molecular formula is C10H12Cl2O4S2. The van der Waals surface area contributed by atoms with Gasteiger partial charge in [-0.2, -0.15) is 0 Å². The van der Waals surface area contributed by atoms with Gasteiger partial charge < -0.3 is 0 Å². The molecule has 0 atom stereocenters. The number of halogens is 2. The molecule has 8 heteroatoms. The second-order valence-electron chi connectivity index (χ2n) is 4.82. The van der Waals surface area contributed by atoms with E-state index in [1.807, 2.05) is 20.8 Å². The highest BCUT2D eigenvalue weighted by molar-refractivity contribution is 8.14. The summed E-state index contributed by atoms with van der Waals surface area (Å²) in [6.07, 6.45) is 0. The highest BCUT2D eigenvalue weighted by Gasteiger charge is 2.23. The molecule has 0 fully saturated rings. The van der Waals surface area contributed by atoms with E-state index in [9.17, 15) is 16.8 Å². The molecule has 4 nitrogen and oxygen atoms in total. The lowest BCUT2D eigenvalue weighted by Crippen LogP contribution is -2.13. The first-order valence-electron chi connectivity index (χ1n) is 4.87. The molecule has 0 heterocycles. The fraction of sp³-hybridized carbons (Fsp3) is 0.400. The third-order valence-corrected chi connectivity index (χ3v) is 4.98. The van der Waals surface area contributed by atoms with Crippen molar-refractivity contribution in [3.8, 4) is 0 Å². The van der Waals surface area contributed by atoms with Crippen LogP contribution in [0.5, 0.6) is 0 Å². The first kappa shape index (κ1) is 15.8. The second kappa shape index (κ2) is 4.67. The SMILES string of the molecule is CC(C)(C)c1cc(S(=O)(=O)Cl)cc(S(=O)(=O)Cl)c1. The average molecular weight is 331 g/mol. The minimum absolute atomic E-state index is 0.282. The topological polar surface area (TPSA) is 68.3 Å². The van der Waals surface area contributed by atoms with E-state index in [-0.39, 0.29) is 9.79 Å². The molecule has 1 rings (SSSR count). The molecule has 18 heavy (non-hydrogen) atoms. The largest absolute Gasteiger partial charge is 0.261 e. The van der Waals surface area contributed by atoms with Crippen LogP contribution in [-0.4, -0.2) is 16.8 Å². The van der Waals surface area contributed by atoms with Crippen molar-refractivity contribution in [2.45, 2.75) is 36.0 Å². The van der Waals surface area contributed by atoms with Crippen LogP contribution in [-0.2, 0) is 23.5 Å². The van der Waals surface area contributed by atoms with Crippen molar-refractivity contribution in [3.05, 3.63) is 23.8 Å². The van der Waals surface area contributed by atoms with Crippen LogP contribution in [0.25, 0.3) is 0 Å². The first-order valence-corrected chi connectivity index (χ1v) is 9.48. The molecule has 0 bridgehead atoms. The van der Waals surface area contributed by atoms with Crippen LogP contribution in [0.4, 0.5) is 0 Å². The molecule has 0 saturated carbocycles. The van der Waals surface area contributed by atoms with Crippen molar-refractivity contribution in [2.24, 2.45) is 0 Å². The van der Waals surface area contributed by atoms with Gasteiger partial charge in [-0.1, -0.05) is 20.8 Å². The average Bonchev–Trinajstić information content (AvgIpc) is 2.13. The van der Waals surface area contributed by atoms with Crippen molar-refractivity contribution in [3.63, 3.8) is 0 Å². The molecule has 0 amide bonds. The van der Waals surface area contributed by atoms with Crippen LogP contribution < -0.4 is 0 Å².